The Balaban J connectivity index is 0.000000140. The van der Waals surface area contributed by atoms with Crippen LogP contribution in [0.4, 0.5) is 0 Å². The summed E-state index contributed by atoms with van der Waals surface area (Å²) < 4.78 is 9.35. The molecule has 2 rings (SSSR count). The van der Waals surface area contributed by atoms with E-state index in [-0.39, 0.29) is 6.61 Å². The van der Waals surface area contributed by atoms with Gasteiger partial charge in [-0.05, 0) is 24.3 Å². The number of aldehydes is 1. The first-order valence-electron chi connectivity index (χ1n) is 3.98. The van der Waals surface area contributed by atoms with Crippen molar-refractivity contribution >= 4 is 6.29 Å². The van der Waals surface area contributed by atoms with Crippen LogP contribution in [0.5, 0.6) is 0 Å². The standard InChI is InChI=1S/C5H6O2.C5H4O2/c2*6-4-5-2-1-3-7-5/h1-3,6H,4H2;1-4H. The van der Waals surface area contributed by atoms with Gasteiger partial charge in [-0.2, -0.15) is 0 Å². The van der Waals surface area contributed by atoms with Crippen LogP contribution in [0, 0.1) is 0 Å². The molecule has 2 aromatic rings. The highest BCUT2D eigenvalue weighted by atomic mass is 16.4. The lowest BCUT2D eigenvalue weighted by molar-refractivity contribution is 0.110. The molecule has 0 aliphatic heterocycles. The van der Waals surface area contributed by atoms with E-state index in [2.05, 4.69) is 4.42 Å². The Bertz CT molecular complexity index is 334. The summed E-state index contributed by atoms with van der Waals surface area (Å²) in [5.74, 6) is 0.986. The lowest BCUT2D eigenvalue weighted by atomic mass is 10.5. The van der Waals surface area contributed by atoms with Gasteiger partial charge in [0, 0.05) is 0 Å². The highest BCUT2D eigenvalue weighted by Gasteiger charge is 1.86. The number of hydrogen-bond acceptors (Lipinski definition) is 4. The van der Waals surface area contributed by atoms with Gasteiger partial charge in [0.1, 0.15) is 12.4 Å². The molecule has 0 spiro atoms. The van der Waals surface area contributed by atoms with Gasteiger partial charge in [-0.3, -0.25) is 4.79 Å². The van der Waals surface area contributed by atoms with Gasteiger partial charge < -0.3 is 13.9 Å². The summed E-state index contributed by atoms with van der Waals surface area (Å²) in [6.45, 7) is -0.00694. The van der Waals surface area contributed by atoms with Crippen molar-refractivity contribution in [3.63, 3.8) is 0 Å². The van der Waals surface area contributed by atoms with Crippen molar-refractivity contribution in [2.24, 2.45) is 0 Å². The summed E-state index contributed by atoms with van der Waals surface area (Å²) in [5, 5.41) is 8.33. The average molecular weight is 194 g/mol. The van der Waals surface area contributed by atoms with Crippen LogP contribution in [0.25, 0.3) is 0 Å². The minimum Gasteiger partial charge on any atom is -0.467 e. The molecule has 74 valence electrons. The number of carbonyl (C=O) groups is 1. The molecule has 2 aromatic heterocycles. The van der Waals surface area contributed by atoms with Crippen LogP contribution in [0.1, 0.15) is 16.3 Å². The lowest BCUT2D eigenvalue weighted by Crippen LogP contribution is -1.72. The van der Waals surface area contributed by atoms with Crippen LogP contribution < -0.4 is 0 Å². The number of aliphatic hydroxyl groups excluding tert-OH is 1. The van der Waals surface area contributed by atoms with Crippen LogP contribution in [-0.2, 0) is 6.61 Å². The van der Waals surface area contributed by atoms with Gasteiger partial charge in [-0.15, -0.1) is 0 Å². The van der Waals surface area contributed by atoms with Crippen molar-refractivity contribution in [1.82, 2.24) is 0 Å². The zero-order valence-corrected chi connectivity index (χ0v) is 7.42. The van der Waals surface area contributed by atoms with E-state index in [4.69, 9.17) is 9.52 Å². The second kappa shape index (κ2) is 5.77. The topological polar surface area (TPSA) is 63.6 Å². The summed E-state index contributed by atoms with van der Waals surface area (Å²) in [4.78, 5) is 9.77. The number of hydrogen-bond donors (Lipinski definition) is 1. The van der Waals surface area contributed by atoms with Gasteiger partial charge in [0.05, 0.1) is 12.5 Å². The molecule has 2 heterocycles. The quantitative estimate of drug-likeness (QED) is 0.741. The largest absolute Gasteiger partial charge is 0.467 e. The molecule has 1 N–H and O–H groups in total. The van der Waals surface area contributed by atoms with E-state index in [0.717, 1.165) is 0 Å². The van der Waals surface area contributed by atoms with Crippen molar-refractivity contribution in [3.05, 3.63) is 48.3 Å². The summed E-state index contributed by atoms with van der Waals surface area (Å²) in [6.07, 6.45) is 3.66. The Hall–Kier alpha value is -1.81. The van der Waals surface area contributed by atoms with E-state index < -0.39 is 0 Å². The van der Waals surface area contributed by atoms with Gasteiger partial charge >= 0.3 is 0 Å². The highest BCUT2D eigenvalue weighted by molar-refractivity contribution is 5.69. The summed E-state index contributed by atoms with van der Waals surface area (Å²) in [6, 6.07) is 6.74. The summed E-state index contributed by atoms with van der Waals surface area (Å²) in [7, 11) is 0. The van der Waals surface area contributed by atoms with E-state index in [0.29, 0.717) is 17.8 Å². The molecule has 0 bridgehead atoms. The molecule has 0 aliphatic rings. The number of aliphatic hydroxyl groups is 1. The van der Waals surface area contributed by atoms with E-state index in [1.807, 2.05) is 0 Å². The van der Waals surface area contributed by atoms with Crippen molar-refractivity contribution in [3.8, 4) is 0 Å². The summed E-state index contributed by atoms with van der Waals surface area (Å²) >= 11 is 0. The second-order valence-electron chi connectivity index (χ2n) is 2.37. The van der Waals surface area contributed by atoms with Crippen LogP contribution in [0.2, 0.25) is 0 Å². The van der Waals surface area contributed by atoms with Crippen molar-refractivity contribution < 1.29 is 18.7 Å². The highest BCUT2D eigenvalue weighted by Crippen LogP contribution is 1.96. The van der Waals surface area contributed by atoms with Crippen LogP contribution in [-0.4, -0.2) is 11.4 Å². The zero-order valence-electron chi connectivity index (χ0n) is 7.42. The Morgan fingerprint density at radius 2 is 1.93 bits per heavy atom. The Labute approximate surface area is 80.8 Å². The predicted octanol–water partition coefficient (Wildman–Crippen LogP) is 1.86. The minimum absolute atomic E-state index is 0.00694. The first kappa shape index (κ1) is 10.3. The zero-order chi connectivity index (χ0) is 10.2. The Kier molecular flexibility index (Phi) is 4.23. The molecule has 0 saturated heterocycles. The molecule has 4 heteroatoms. The maximum atomic E-state index is 9.77. The monoisotopic (exact) mass is 194 g/mol. The molecule has 0 radical (unpaired) electrons. The van der Waals surface area contributed by atoms with Gasteiger partial charge in [0.2, 0.25) is 0 Å². The third-order valence-electron chi connectivity index (χ3n) is 1.40. The van der Waals surface area contributed by atoms with E-state index >= 15 is 0 Å². The van der Waals surface area contributed by atoms with Crippen molar-refractivity contribution in [2.45, 2.75) is 6.61 Å². The SMILES string of the molecule is O=Cc1ccco1.OCc1ccco1. The molecule has 0 fully saturated rings. The van der Waals surface area contributed by atoms with Gasteiger partial charge in [0.25, 0.3) is 0 Å². The molecule has 0 saturated carbocycles. The van der Waals surface area contributed by atoms with E-state index in [1.54, 1.807) is 24.3 Å². The molecule has 0 aromatic carbocycles. The molecular formula is C10H10O4. The fourth-order valence-electron chi connectivity index (χ4n) is 0.761. The van der Waals surface area contributed by atoms with Crippen molar-refractivity contribution in [2.75, 3.05) is 0 Å². The number of furan rings is 2. The molecule has 0 atom stereocenters. The smallest absolute Gasteiger partial charge is 0.185 e. The fraction of sp³-hybridized carbons (Fsp3) is 0.100. The Morgan fingerprint density at radius 1 is 1.21 bits per heavy atom. The lowest BCUT2D eigenvalue weighted by Gasteiger charge is -1.79. The van der Waals surface area contributed by atoms with E-state index in [9.17, 15) is 4.79 Å². The molecule has 0 amide bonds. The van der Waals surface area contributed by atoms with Crippen LogP contribution in [0.3, 0.4) is 0 Å². The van der Waals surface area contributed by atoms with Crippen LogP contribution in [0.15, 0.2) is 45.6 Å². The van der Waals surface area contributed by atoms with Gasteiger partial charge in [0.15, 0.2) is 12.0 Å². The third kappa shape index (κ3) is 3.28. The normalized spacial score (nSPS) is 8.93. The Morgan fingerprint density at radius 3 is 2.21 bits per heavy atom. The van der Waals surface area contributed by atoms with Crippen molar-refractivity contribution in [1.29, 1.82) is 0 Å². The first-order chi connectivity index (χ1) is 6.86. The molecule has 4 nitrogen and oxygen atoms in total. The van der Waals surface area contributed by atoms with Gasteiger partial charge in [-0.1, -0.05) is 0 Å². The predicted molar refractivity (Wildman–Crippen MR) is 48.7 cm³/mol. The minimum atomic E-state index is -0.00694. The second-order valence-corrected chi connectivity index (χ2v) is 2.37. The van der Waals surface area contributed by atoms with Gasteiger partial charge in [-0.25, -0.2) is 0 Å². The first-order valence-corrected chi connectivity index (χ1v) is 3.98. The molecular weight excluding hydrogens is 184 g/mol. The molecule has 0 unspecified atom stereocenters. The summed E-state index contributed by atoms with van der Waals surface area (Å²) in [5.41, 5.74) is 0. The average Bonchev–Trinajstić information content (AvgIpc) is 2.92. The maximum absolute atomic E-state index is 9.77. The maximum Gasteiger partial charge on any atom is 0.185 e. The fourth-order valence-corrected chi connectivity index (χ4v) is 0.761. The van der Waals surface area contributed by atoms with Crippen LogP contribution >= 0.6 is 0 Å². The number of carbonyl (C=O) groups excluding carboxylic acids is 1. The molecule has 0 aliphatic carbocycles. The third-order valence-corrected chi connectivity index (χ3v) is 1.40. The molecule has 14 heavy (non-hydrogen) atoms. The van der Waals surface area contributed by atoms with E-state index in [1.165, 1.54) is 12.5 Å². The number of rotatable bonds is 2.